The average molecular weight is 536 g/mol. The summed E-state index contributed by atoms with van der Waals surface area (Å²) >= 11 is 0. The number of rotatable bonds is 3. The van der Waals surface area contributed by atoms with Gasteiger partial charge in [-0.1, -0.05) is 12.1 Å². The molecule has 4 aromatic rings. The van der Waals surface area contributed by atoms with E-state index in [0.29, 0.717) is 0 Å². The van der Waals surface area contributed by atoms with Crippen molar-refractivity contribution in [2.24, 2.45) is 0 Å². The zero-order chi connectivity index (χ0) is 28.2. The predicted octanol–water partition coefficient (Wildman–Crippen LogP) is 2.75. The Morgan fingerprint density at radius 1 is 0.795 bits per heavy atom. The number of carbonyl (C=O) groups excluding carboxylic acids is 1. The third-order valence-corrected chi connectivity index (χ3v) is 6.37. The van der Waals surface area contributed by atoms with Gasteiger partial charge in [-0.15, -0.1) is 0 Å². The van der Waals surface area contributed by atoms with Crippen LogP contribution >= 0.6 is 0 Å². The monoisotopic (exact) mass is 536 g/mol. The second kappa shape index (κ2) is 9.10. The van der Waals surface area contributed by atoms with Crippen LogP contribution < -0.4 is 10.2 Å². The second-order valence-electron chi connectivity index (χ2n) is 8.85. The zero-order valence-corrected chi connectivity index (χ0v) is 19.7. The van der Waals surface area contributed by atoms with Crippen molar-refractivity contribution in [3.05, 3.63) is 75.4 Å². The smallest absolute Gasteiger partial charge is 0.338 e. The van der Waals surface area contributed by atoms with Crippen molar-refractivity contribution in [1.82, 2.24) is 0 Å². The van der Waals surface area contributed by atoms with E-state index in [1.807, 2.05) is 0 Å². The third kappa shape index (κ3) is 4.23. The van der Waals surface area contributed by atoms with Crippen molar-refractivity contribution in [3.8, 4) is 51.7 Å². The lowest BCUT2D eigenvalue weighted by Crippen LogP contribution is -2.35. The van der Waals surface area contributed by atoms with Gasteiger partial charge < -0.3 is 50.3 Å². The number of esters is 1. The van der Waals surface area contributed by atoms with E-state index >= 15 is 0 Å². The Bertz CT molecular complexity index is 1710. The van der Waals surface area contributed by atoms with Crippen molar-refractivity contribution in [2.75, 3.05) is 0 Å². The molecule has 8 N–H and O–H groups in total. The highest BCUT2D eigenvalue weighted by Gasteiger charge is 2.38. The van der Waals surface area contributed by atoms with E-state index in [1.54, 1.807) is 0 Å². The van der Waals surface area contributed by atoms with E-state index in [2.05, 4.69) is 0 Å². The first-order valence-electron chi connectivity index (χ1n) is 11.3. The fraction of sp³-hybridized carbons (Fsp3) is 0.111. The highest BCUT2D eigenvalue weighted by Crippen LogP contribution is 2.46. The number of benzene rings is 3. The largest absolute Gasteiger partial charge is 0.508 e. The maximum atomic E-state index is 13.0. The van der Waals surface area contributed by atoms with Crippen LogP contribution in [0.4, 0.5) is 0 Å². The van der Waals surface area contributed by atoms with Crippen molar-refractivity contribution in [1.29, 1.82) is 0 Å². The summed E-state index contributed by atoms with van der Waals surface area (Å²) in [4.78, 5) is 25.8. The molecule has 0 spiro atoms. The van der Waals surface area contributed by atoms with Gasteiger partial charge in [0.15, 0.2) is 40.6 Å². The van der Waals surface area contributed by atoms with E-state index in [0.717, 1.165) is 30.3 Å². The van der Waals surface area contributed by atoms with E-state index in [1.165, 1.54) is 18.2 Å². The molecule has 1 aliphatic rings. The van der Waals surface area contributed by atoms with Crippen LogP contribution in [0.15, 0.2) is 53.3 Å². The second-order valence-corrected chi connectivity index (χ2v) is 8.85. The van der Waals surface area contributed by atoms with Crippen molar-refractivity contribution in [2.45, 2.75) is 18.6 Å². The number of fused-ring (bicyclic) bond motifs is 2. The SMILES string of the molecule is O=C(O[C@@H]1Cc2c(O)cc(O)cc2O[C@@H]1c1cc(O)c(O)c2c(=O)c(O)cccc12)c1cc(O)c(O)c(O)c1. The minimum Gasteiger partial charge on any atom is -0.508 e. The van der Waals surface area contributed by atoms with Crippen LogP contribution in [0.2, 0.25) is 0 Å². The van der Waals surface area contributed by atoms with Gasteiger partial charge in [0.25, 0.3) is 0 Å². The predicted molar refractivity (Wildman–Crippen MR) is 133 cm³/mol. The Kier molecular flexibility index (Phi) is 5.87. The fourth-order valence-electron chi connectivity index (χ4n) is 4.52. The molecule has 200 valence electrons. The molecule has 0 amide bonds. The molecule has 0 unspecified atom stereocenters. The number of phenols is 7. The van der Waals surface area contributed by atoms with Gasteiger partial charge in [-0.25, -0.2) is 4.79 Å². The molecular weight excluding hydrogens is 516 g/mol. The Hall–Kier alpha value is -5.52. The highest BCUT2D eigenvalue weighted by atomic mass is 16.6. The lowest BCUT2D eigenvalue weighted by molar-refractivity contribution is -0.0184. The van der Waals surface area contributed by atoms with Crippen LogP contribution in [0, 0.1) is 0 Å². The first kappa shape index (κ1) is 25.1. The number of carbonyl (C=O) groups is 1. The number of ether oxygens (including phenoxy) is 2. The summed E-state index contributed by atoms with van der Waals surface area (Å²) in [6.45, 7) is 0. The van der Waals surface area contributed by atoms with Gasteiger partial charge >= 0.3 is 5.97 Å². The van der Waals surface area contributed by atoms with Crippen LogP contribution in [-0.2, 0) is 11.2 Å². The molecule has 0 fully saturated rings. The van der Waals surface area contributed by atoms with Gasteiger partial charge in [0.05, 0.1) is 10.9 Å². The summed E-state index contributed by atoms with van der Waals surface area (Å²) in [5.74, 6) is -6.49. The normalized spacial score (nSPS) is 16.3. The highest BCUT2D eigenvalue weighted by molar-refractivity contribution is 5.94. The van der Waals surface area contributed by atoms with Crippen LogP contribution in [0.1, 0.15) is 27.6 Å². The Balaban J connectivity index is 1.69. The van der Waals surface area contributed by atoms with Gasteiger partial charge in [0.1, 0.15) is 23.4 Å². The zero-order valence-electron chi connectivity index (χ0n) is 19.7. The summed E-state index contributed by atoms with van der Waals surface area (Å²) in [5.41, 5.74) is -1.16. The van der Waals surface area contributed by atoms with Crippen LogP contribution in [0.3, 0.4) is 0 Å². The summed E-state index contributed by atoms with van der Waals surface area (Å²) in [7, 11) is 0. The molecule has 39 heavy (non-hydrogen) atoms. The lowest BCUT2D eigenvalue weighted by atomic mass is 9.91. The quantitative estimate of drug-likeness (QED) is 0.140. The van der Waals surface area contributed by atoms with Gasteiger partial charge in [-0.2, -0.15) is 0 Å². The van der Waals surface area contributed by atoms with Crippen LogP contribution in [0.5, 0.6) is 51.7 Å². The van der Waals surface area contributed by atoms with Gasteiger partial charge in [-0.05, 0) is 29.7 Å². The Morgan fingerprint density at radius 2 is 1.46 bits per heavy atom. The summed E-state index contributed by atoms with van der Waals surface area (Å²) in [6, 6.07) is 8.79. The number of hydrogen-bond acceptors (Lipinski definition) is 12. The molecule has 0 bridgehead atoms. The first-order chi connectivity index (χ1) is 18.5. The van der Waals surface area contributed by atoms with Gasteiger partial charge in [-0.3, -0.25) is 4.79 Å². The molecule has 5 rings (SSSR count). The van der Waals surface area contributed by atoms with Crippen LogP contribution in [0.25, 0.3) is 10.8 Å². The van der Waals surface area contributed by atoms with Gasteiger partial charge in [0.2, 0.25) is 5.43 Å². The van der Waals surface area contributed by atoms with E-state index < -0.39 is 63.5 Å². The lowest BCUT2D eigenvalue weighted by Gasteiger charge is -2.34. The number of hydrogen-bond donors (Lipinski definition) is 8. The van der Waals surface area contributed by atoms with Crippen LogP contribution in [-0.4, -0.2) is 52.9 Å². The molecule has 0 saturated heterocycles. The van der Waals surface area contributed by atoms with Crippen molar-refractivity contribution >= 4 is 16.7 Å². The van der Waals surface area contributed by atoms with Crippen molar-refractivity contribution < 1.29 is 55.1 Å². The van der Waals surface area contributed by atoms with E-state index in [9.17, 15) is 50.4 Å². The molecule has 2 atom stereocenters. The molecule has 1 aliphatic heterocycles. The topological polar surface area (TPSA) is 214 Å². The van der Waals surface area contributed by atoms with Gasteiger partial charge in [0, 0.05) is 29.7 Å². The maximum Gasteiger partial charge on any atom is 0.338 e. The molecule has 0 aromatic heterocycles. The summed E-state index contributed by atoms with van der Waals surface area (Å²) in [5, 5.41) is 80.1. The number of aromatic hydroxyl groups is 8. The molecule has 4 aromatic carbocycles. The average Bonchev–Trinajstić information content (AvgIpc) is 3.02. The molecule has 12 nitrogen and oxygen atoms in total. The standard InChI is InChI=1S/C27H20O12/c28-11-6-16(30)14-9-21(39-27(37)10-4-17(31)23(34)18(32)5-10)26(38-20(14)7-11)13-8-19(33)25(36)22-12(13)2-1-3-15(29)24(22)35/h1-8,21,26,28,30-34,36H,9H2,(H,29,35)/t21-,26-/m1/s1. The van der Waals surface area contributed by atoms with E-state index in [4.69, 9.17) is 9.47 Å². The maximum absolute atomic E-state index is 13.0. The minimum absolute atomic E-state index is 0.00376. The molecule has 12 heteroatoms. The van der Waals surface area contributed by atoms with Crippen molar-refractivity contribution in [3.63, 3.8) is 0 Å². The number of phenolic OH excluding ortho intramolecular Hbond substituents is 7. The third-order valence-electron chi connectivity index (χ3n) is 6.37. The molecule has 0 saturated carbocycles. The Labute approximate surface area is 218 Å². The molecule has 1 heterocycles. The molecular formula is C27H20O12. The summed E-state index contributed by atoms with van der Waals surface area (Å²) in [6.07, 6.45) is -2.81. The molecule has 0 radical (unpaired) electrons. The van der Waals surface area contributed by atoms with E-state index in [-0.39, 0.29) is 45.7 Å². The first-order valence-corrected chi connectivity index (χ1v) is 11.3. The minimum atomic E-state index is -1.32. The molecule has 0 aliphatic carbocycles. The summed E-state index contributed by atoms with van der Waals surface area (Å²) < 4.78 is 11.6. The fourth-order valence-corrected chi connectivity index (χ4v) is 4.52. The Morgan fingerprint density at radius 3 is 2.15 bits per heavy atom.